The first-order valence-electron chi connectivity index (χ1n) is 5.30. The molecular weight excluding hydrogens is 212 g/mol. The molecule has 0 saturated heterocycles. The summed E-state index contributed by atoms with van der Waals surface area (Å²) in [4.78, 5) is 8.66. The van der Waals surface area contributed by atoms with Crippen molar-refractivity contribution in [2.24, 2.45) is 0 Å². The van der Waals surface area contributed by atoms with Gasteiger partial charge in [-0.25, -0.2) is 9.97 Å². The van der Waals surface area contributed by atoms with Crippen LogP contribution in [0.5, 0.6) is 0 Å². The Balaban J connectivity index is 2.43. The third kappa shape index (κ3) is 2.68. The molecule has 0 spiro atoms. The van der Waals surface area contributed by atoms with Crippen LogP contribution in [0.1, 0.15) is 5.82 Å². The van der Waals surface area contributed by atoms with Gasteiger partial charge in [0, 0.05) is 11.6 Å². The van der Waals surface area contributed by atoms with Crippen molar-refractivity contribution in [1.82, 2.24) is 9.97 Å². The highest BCUT2D eigenvalue weighted by molar-refractivity contribution is 6.83. The first-order valence-corrected chi connectivity index (χ1v) is 8.80. The summed E-state index contributed by atoms with van der Waals surface area (Å²) in [5.41, 5.74) is 4.22. The van der Waals surface area contributed by atoms with E-state index in [0.29, 0.717) is 5.82 Å². The van der Waals surface area contributed by atoms with Crippen molar-refractivity contribution in [1.29, 1.82) is 0 Å². The Bertz CT molecular complexity index is 573. The Morgan fingerprint density at radius 1 is 1.12 bits per heavy atom. The first kappa shape index (κ1) is 10.8. The fraction of sp³-hybridized carbons (Fsp3) is 0.231. The number of aromatic nitrogens is 2. The van der Waals surface area contributed by atoms with E-state index in [-0.39, 0.29) is 0 Å². The average molecular weight is 226 g/mol. The van der Waals surface area contributed by atoms with E-state index < -0.39 is 8.07 Å². The molecule has 0 fully saturated rings. The molecule has 1 heterocycles. The summed E-state index contributed by atoms with van der Waals surface area (Å²) < 4.78 is 0. The minimum atomic E-state index is -1.35. The summed E-state index contributed by atoms with van der Waals surface area (Å²) in [6.07, 6.45) is 1.83. The fourth-order valence-electron chi connectivity index (χ4n) is 1.28. The highest BCUT2D eigenvalue weighted by Gasteiger charge is 2.07. The highest BCUT2D eigenvalue weighted by atomic mass is 28.3. The van der Waals surface area contributed by atoms with Crippen LogP contribution in [0.4, 0.5) is 0 Å². The lowest BCUT2D eigenvalue weighted by Gasteiger charge is -2.03. The van der Waals surface area contributed by atoms with Gasteiger partial charge in [0.15, 0.2) is 0 Å². The van der Waals surface area contributed by atoms with Gasteiger partial charge >= 0.3 is 0 Å². The van der Waals surface area contributed by atoms with E-state index in [1.807, 2.05) is 30.5 Å². The summed E-state index contributed by atoms with van der Waals surface area (Å²) in [7, 11) is -1.35. The van der Waals surface area contributed by atoms with Gasteiger partial charge in [-0.05, 0) is 12.0 Å². The second-order valence-electron chi connectivity index (χ2n) is 4.75. The van der Waals surface area contributed by atoms with E-state index in [4.69, 9.17) is 0 Å². The fourth-order valence-corrected chi connectivity index (χ4v) is 1.76. The molecule has 16 heavy (non-hydrogen) atoms. The molecule has 0 radical (unpaired) electrons. The molecule has 0 aliphatic rings. The van der Waals surface area contributed by atoms with E-state index in [2.05, 4.69) is 41.1 Å². The van der Waals surface area contributed by atoms with Crippen molar-refractivity contribution in [3.63, 3.8) is 0 Å². The smallest absolute Gasteiger partial charge is 0.204 e. The van der Waals surface area contributed by atoms with Gasteiger partial charge in [0.05, 0.1) is 5.52 Å². The topological polar surface area (TPSA) is 25.8 Å². The van der Waals surface area contributed by atoms with E-state index in [1.54, 1.807) is 0 Å². The zero-order chi connectivity index (χ0) is 11.6. The summed E-state index contributed by atoms with van der Waals surface area (Å²) in [5, 5.41) is 1.06. The molecule has 0 amide bonds. The molecule has 2 aromatic rings. The Kier molecular flexibility index (Phi) is 2.76. The molecule has 0 aliphatic carbocycles. The summed E-state index contributed by atoms with van der Waals surface area (Å²) in [5.74, 6) is 3.69. The minimum absolute atomic E-state index is 0.626. The third-order valence-corrected chi connectivity index (χ3v) is 2.91. The number of benzene rings is 1. The van der Waals surface area contributed by atoms with Crippen molar-refractivity contribution in [3.05, 3.63) is 36.3 Å². The molecule has 1 aromatic heterocycles. The monoisotopic (exact) mass is 226 g/mol. The summed E-state index contributed by atoms with van der Waals surface area (Å²) >= 11 is 0. The quantitative estimate of drug-likeness (QED) is 0.510. The third-order valence-electron chi connectivity index (χ3n) is 2.04. The predicted molar refractivity (Wildman–Crippen MR) is 69.8 cm³/mol. The van der Waals surface area contributed by atoms with Crippen LogP contribution in [-0.4, -0.2) is 18.0 Å². The maximum atomic E-state index is 4.42. The van der Waals surface area contributed by atoms with E-state index in [1.165, 1.54) is 0 Å². The van der Waals surface area contributed by atoms with Crippen molar-refractivity contribution in [2.75, 3.05) is 0 Å². The molecule has 0 N–H and O–H groups in total. The van der Waals surface area contributed by atoms with Gasteiger partial charge in [-0.1, -0.05) is 37.8 Å². The molecule has 1 aromatic carbocycles. The summed E-state index contributed by atoms with van der Waals surface area (Å²) in [6.45, 7) is 6.63. The minimum Gasteiger partial charge on any atom is -0.229 e. The lowest BCUT2D eigenvalue weighted by Crippen LogP contribution is -2.16. The second-order valence-corrected chi connectivity index (χ2v) is 9.50. The first-order chi connectivity index (χ1) is 7.54. The molecule has 2 nitrogen and oxygen atoms in total. The van der Waals surface area contributed by atoms with Gasteiger partial charge in [-0.2, -0.15) is 0 Å². The second kappa shape index (κ2) is 4.07. The number of nitrogens with zero attached hydrogens (tertiary/aromatic N) is 2. The molecule has 3 heteroatoms. The van der Waals surface area contributed by atoms with Gasteiger partial charge in [-0.15, -0.1) is 5.54 Å². The molecular formula is C13H14N2Si. The van der Waals surface area contributed by atoms with Crippen LogP contribution >= 0.6 is 0 Å². The van der Waals surface area contributed by atoms with Crippen LogP contribution < -0.4 is 0 Å². The highest BCUT2D eigenvalue weighted by Crippen LogP contribution is 2.09. The zero-order valence-electron chi connectivity index (χ0n) is 9.78. The predicted octanol–water partition coefficient (Wildman–Crippen LogP) is 2.86. The number of hydrogen-bond acceptors (Lipinski definition) is 2. The van der Waals surface area contributed by atoms with Gasteiger partial charge in [0.2, 0.25) is 5.82 Å². The van der Waals surface area contributed by atoms with Crippen molar-refractivity contribution in [3.8, 4) is 11.5 Å². The van der Waals surface area contributed by atoms with Crippen molar-refractivity contribution >= 4 is 19.0 Å². The van der Waals surface area contributed by atoms with Gasteiger partial charge in [0.1, 0.15) is 8.07 Å². The maximum absolute atomic E-state index is 4.42. The number of hydrogen-bond donors (Lipinski definition) is 0. The lowest BCUT2D eigenvalue weighted by atomic mass is 10.2. The molecule has 0 bridgehead atoms. The average Bonchev–Trinajstić information content (AvgIpc) is 2.25. The van der Waals surface area contributed by atoms with Gasteiger partial charge < -0.3 is 0 Å². The SMILES string of the molecule is C[Si](C)(C)C#Cc1ncc2ccccc2n1. The Labute approximate surface area is 96.8 Å². The van der Waals surface area contributed by atoms with Crippen molar-refractivity contribution < 1.29 is 0 Å². The number of para-hydroxylation sites is 1. The van der Waals surface area contributed by atoms with Crippen LogP contribution in [0.15, 0.2) is 30.5 Å². The molecule has 0 atom stereocenters. The number of rotatable bonds is 0. The van der Waals surface area contributed by atoms with Crippen LogP contribution in [0.2, 0.25) is 19.6 Å². The van der Waals surface area contributed by atoms with E-state index in [0.717, 1.165) is 10.9 Å². The van der Waals surface area contributed by atoms with Gasteiger partial charge in [0.25, 0.3) is 0 Å². The maximum Gasteiger partial charge on any atom is 0.204 e. The molecule has 80 valence electrons. The Hall–Kier alpha value is -1.66. The van der Waals surface area contributed by atoms with Crippen LogP contribution in [0, 0.1) is 11.5 Å². The molecule has 0 aliphatic heterocycles. The van der Waals surface area contributed by atoms with Crippen LogP contribution in [0.3, 0.4) is 0 Å². The van der Waals surface area contributed by atoms with Crippen molar-refractivity contribution in [2.45, 2.75) is 19.6 Å². The largest absolute Gasteiger partial charge is 0.229 e. The van der Waals surface area contributed by atoms with Crippen LogP contribution in [-0.2, 0) is 0 Å². The Morgan fingerprint density at radius 2 is 1.88 bits per heavy atom. The van der Waals surface area contributed by atoms with E-state index in [9.17, 15) is 0 Å². The molecule has 0 unspecified atom stereocenters. The van der Waals surface area contributed by atoms with Gasteiger partial charge in [-0.3, -0.25) is 0 Å². The number of fused-ring (bicyclic) bond motifs is 1. The standard InChI is InChI=1S/C13H14N2Si/c1-16(2,3)9-8-13-14-10-11-6-4-5-7-12(11)15-13/h4-7,10H,1-3H3. The Morgan fingerprint density at radius 3 is 2.62 bits per heavy atom. The molecule has 0 saturated carbocycles. The summed E-state index contributed by atoms with van der Waals surface area (Å²) in [6, 6.07) is 7.95. The zero-order valence-corrected chi connectivity index (χ0v) is 10.8. The normalized spacial score (nSPS) is 10.9. The molecule has 2 rings (SSSR count). The van der Waals surface area contributed by atoms with E-state index >= 15 is 0 Å². The van der Waals surface area contributed by atoms with Crippen LogP contribution in [0.25, 0.3) is 10.9 Å². The lowest BCUT2D eigenvalue weighted by molar-refractivity contribution is 1.18.